The smallest absolute Gasteiger partial charge is 0.340 e. The van der Waals surface area contributed by atoms with E-state index in [1.165, 1.54) is 19.2 Å². The third-order valence-corrected chi connectivity index (χ3v) is 4.04. The lowest BCUT2D eigenvalue weighted by Crippen LogP contribution is -2.28. The number of hydrogen-bond donors (Lipinski definition) is 2. The number of benzene rings is 2. The fourth-order valence-corrected chi connectivity index (χ4v) is 2.83. The number of rotatable bonds is 8. The SMILES string of the molecule is COc1ccccc1CNC(=O)COC(=O)c1ccccc1NS(C)(=O)=O. The van der Waals surface area contributed by atoms with Gasteiger partial charge >= 0.3 is 5.97 Å². The largest absolute Gasteiger partial charge is 0.496 e. The molecular formula is C18H20N2O6S. The van der Waals surface area contributed by atoms with Gasteiger partial charge in [-0.25, -0.2) is 13.2 Å². The Bertz CT molecular complexity index is 927. The van der Waals surface area contributed by atoms with Gasteiger partial charge in [0.2, 0.25) is 10.0 Å². The number of carbonyl (C=O) groups is 2. The van der Waals surface area contributed by atoms with Gasteiger partial charge in [-0.3, -0.25) is 9.52 Å². The van der Waals surface area contributed by atoms with E-state index >= 15 is 0 Å². The van der Waals surface area contributed by atoms with Crippen molar-refractivity contribution in [2.45, 2.75) is 6.54 Å². The summed E-state index contributed by atoms with van der Waals surface area (Å²) in [5.41, 5.74) is 0.877. The number of hydrogen-bond acceptors (Lipinski definition) is 6. The molecule has 27 heavy (non-hydrogen) atoms. The van der Waals surface area contributed by atoms with Crippen LogP contribution in [0.5, 0.6) is 5.75 Å². The Morgan fingerprint density at radius 1 is 1.04 bits per heavy atom. The van der Waals surface area contributed by atoms with E-state index in [1.54, 1.807) is 24.3 Å². The first-order valence-corrected chi connectivity index (χ1v) is 9.82. The van der Waals surface area contributed by atoms with Crippen molar-refractivity contribution in [1.82, 2.24) is 5.32 Å². The van der Waals surface area contributed by atoms with E-state index in [0.717, 1.165) is 11.8 Å². The molecular weight excluding hydrogens is 372 g/mol. The van der Waals surface area contributed by atoms with Gasteiger partial charge < -0.3 is 14.8 Å². The molecule has 0 unspecified atom stereocenters. The van der Waals surface area contributed by atoms with E-state index in [0.29, 0.717) is 5.75 Å². The summed E-state index contributed by atoms with van der Waals surface area (Å²) in [7, 11) is -2.03. The number of esters is 1. The van der Waals surface area contributed by atoms with Crippen molar-refractivity contribution >= 4 is 27.6 Å². The lowest BCUT2D eigenvalue weighted by atomic mass is 10.2. The van der Waals surface area contributed by atoms with Crippen LogP contribution in [0.1, 0.15) is 15.9 Å². The normalized spacial score (nSPS) is 10.7. The highest BCUT2D eigenvalue weighted by Crippen LogP contribution is 2.18. The van der Waals surface area contributed by atoms with E-state index in [1.807, 2.05) is 12.1 Å². The predicted molar refractivity (Wildman–Crippen MR) is 100 cm³/mol. The van der Waals surface area contributed by atoms with E-state index in [-0.39, 0.29) is 17.8 Å². The fraction of sp³-hybridized carbons (Fsp3) is 0.222. The Morgan fingerprint density at radius 2 is 1.70 bits per heavy atom. The molecule has 0 saturated carbocycles. The molecule has 0 fully saturated rings. The van der Waals surface area contributed by atoms with E-state index < -0.39 is 28.5 Å². The van der Waals surface area contributed by atoms with Gasteiger partial charge in [-0.05, 0) is 18.2 Å². The van der Waals surface area contributed by atoms with Gasteiger partial charge in [0.15, 0.2) is 6.61 Å². The van der Waals surface area contributed by atoms with Crippen LogP contribution in [-0.4, -0.2) is 40.3 Å². The molecule has 0 aliphatic carbocycles. The van der Waals surface area contributed by atoms with Gasteiger partial charge in [0, 0.05) is 12.1 Å². The molecule has 0 aliphatic heterocycles. The van der Waals surface area contributed by atoms with Crippen LogP contribution in [0.15, 0.2) is 48.5 Å². The number of carbonyl (C=O) groups excluding carboxylic acids is 2. The van der Waals surface area contributed by atoms with Crippen LogP contribution < -0.4 is 14.8 Å². The van der Waals surface area contributed by atoms with Crippen LogP contribution in [0, 0.1) is 0 Å². The topological polar surface area (TPSA) is 111 Å². The van der Waals surface area contributed by atoms with Crippen LogP contribution in [0.25, 0.3) is 0 Å². The van der Waals surface area contributed by atoms with Crippen LogP contribution in [0.3, 0.4) is 0 Å². The first-order chi connectivity index (χ1) is 12.8. The van der Waals surface area contributed by atoms with Gasteiger partial charge in [-0.1, -0.05) is 30.3 Å². The molecule has 1 amide bonds. The standard InChI is InChI=1S/C18H20N2O6S/c1-25-16-10-6-3-7-13(16)11-19-17(21)12-26-18(22)14-8-4-5-9-15(14)20-27(2,23)24/h3-10,20H,11-12H2,1-2H3,(H,19,21). The molecule has 0 atom stereocenters. The summed E-state index contributed by atoms with van der Waals surface area (Å²) in [4.78, 5) is 24.1. The minimum atomic E-state index is -3.56. The molecule has 2 N–H and O–H groups in total. The summed E-state index contributed by atoms with van der Waals surface area (Å²) in [6, 6.07) is 13.2. The zero-order chi connectivity index (χ0) is 19.9. The molecule has 0 saturated heterocycles. The Kier molecular flexibility index (Phi) is 6.78. The van der Waals surface area contributed by atoms with Crippen LogP contribution in [0.2, 0.25) is 0 Å². The average Bonchev–Trinajstić information content (AvgIpc) is 2.63. The molecule has 2 aromatic carbocycles. The van der Waals surface area contributed by atoms with Crippen molar-refractivity contribution in [2.75, 3.05) is 24.7 Å². The molecule has 9 heteroatoms. The average molecular weight is 392 g/mol. The van der Waals surface area contributed by atoms with Crippen molar-refractivity contribution in [2.24, 2.45) is 0 Å². The number of amides is 1. The van der Waals surface area contributed by atoms with Gasteiger partial charge in [0.25, 0.3) is 5.91 Å². The molecule has 0 aromatic heterocycles. The maximum atomic E-state index is 12.2. The highest BCUT2D eigenvalue weighted by Gasteiger charge is 2.16. The zero-order valence-corrected chi connectivity index (χ0v) is 15.7. The summed E-state index contributed by atoms with van der Waals surface area (Å²) in [6.45, 7) is -0.284. The van der Waals surface area contributed by atoms with E-state index in [2.05, 4.69) is 10.0 Å². The second kappa shape index (κ2) is 9.04. The monoisotopic (exact) mass is 392 g/mol. The summed E-state index contributed by atoms with van der Waals surface area (Å²) in [6.07, 6.45) is 0.973. The molecule has 144 valence electrons. The molecule has 2 rings (SSSR count). The number of para-hydroxylation sites is 2. The minimum absolute atomic E-state index is 0.0143. The minimum Gasteiger partial charge on any atom is -0.496 e. The first-order valence-electron chi connectivity index (χ1n) is 7.92. The Morgan fingerprint density at radius 3 is 2.41 bits per heavy atom. The van der Waals surface area contributed by atoms with Crippen molar-refractivity contribution in [3.05, 3.63) is 59.7 Å². The number of anilines is 1. The van der Waals surface area contributed by atoms with Crippen LogP contribution in [0.4, 0.5) is 5.69 Å². The Balaban J connectivity index is 1.93. The number of methoxy groups -OCH3 is 1. The third-order valence-electron chi connectivity index (χ3n) is 3.45. The number of nitrogens with one attached hydrogen (secondary N) is 2. The van der Waals surface area contributed by atoms with Crippen molar-refractivity contribution in [3.63, 3.8) is 0 Å². The molecule has 2 aromatic rings. The maximum absolute atomic E-state index is 12.2. The summed E-state index contributed by atoms with van der Waals surface area (Å²) >= 11 is 0. The second-order valence-corrected chi connectivity index (χ2v) is 7.33. The lowest BCUT2D eigenvalue weighted by Gasteiger charge is -2.11. The van der Waals surface area contributed by atoms with Gasteiger partial charge in [-0.15, -0.1) is 0 Å². The molecule has 0 radical (unpaired) electrons. The lowest BCUT2D eigenvalue weighted by molar-refractivity contribution is -0.124. The fourth-order valence-electron chi connectivity index (χ4n) is 2.25. The van der Waals surface area contributed by atoms with Gasteiger partial charge in [0.05, 0.1) is 24.6 Å². The quantitative estimate of drug-likeness (QED) is 0.660. The van der Waals surface area contributed by atoms with E-state index in [4.69, 9.17) is 9.47 Å². The molecule has 0 heterocycles. The highest BCUT2D eigenvalue weighted by molar-refractivity contribution is 7.92. The van der Waals surface area contributed by atoms with Crippen molar-refractivity contribution in [1.29, 1.82) is 0 Å². The van der Waals surface area contributed by atoms with E-state index in [9.17, 15) is 18.0 Å². The van der Waals surface area contributed by atoms with Crippen LogP contribution in [-0.2, 0) is 26.1 Å². The third kappa shape index (κ3) is 6.30. The summed E-state index contributed by atoms with van der Waals surface area (Å²) < 4.78 is 35.2. The predicted octanol–water partition coefficient (Wildman–Crippen LogP) is 1.54. The molecule has 0 bridgehead atoms. The molecule has 0 aliphatic rings. The van der Waals surface area contributed by atoms with Crippen molar-refractivity contribution < 1.29 is 27.5 Å². The number of ether oxygens (including phenoxy) is 2. The first kappa shape index (κ1) is 20.2. The van der Waals surface area contributed by atoms with Gasteiger partial charge in [0.1, 0.15) is 5.75 Å². The maximum Gasteiger partial charge on any atom is 0.340 e. The van der Waals surface area contributed by atoms with Gasteiger partial charge in [-0.2, -0.15) is 0 Å². The van der Waals surface area contributed by atoms with Crippen LogP contribution >= 0.6 is 0 Å². The molecule has 8 nitrogen and oxygen atoms in total. The summed E-state index contributed by atoms with van der Waals surface area (Å²) in [5, 5.41) is 2.63. The second-order valence-electron chi connectivity index (χ2n) is 5.58. The Hall–Kier alpha value is -3.07. The number of sulfonamides is 1. The zero-order valence-electron chi connectivity index (χ0n) is 14.9. The summed E-state index contributed by atoms with van der Waals surface area (Å²) in [5.74, 6) is -0.674. The molecule has 0 spiro atoms. The highest BCUT2D eigenvalue weighted by atomic mass is 32.2. The Labute approximate surface area is 157 Å². The van der Waals surface area contributed by atoms with Crippen molar-refractivity contribution in [3.8, 4) is 5.75 Å².